The van der Waals surface area contributed by atoms with Crippen LogP contribution in [0.5, 0.6) is 0 Å². The van der Waals surface area contributed by atoms with E-state index in [0.29, 0.717) is 16.5 Å². The largest absolute Gasteiger partial charge is 0.423 e. The lowest BCUT2D eigenvalue weighted by Crippen LogP contribution is -2.42. The van der Waals surface area contributed by atoms with Crippen molar-refractivity contribution in [1.82, 2.24) is 18.9 Å². The Hall–Kier alpha value is -2.32. The predicted molar refractivity (Wildman–Crippen MR) is 70.6 cm³/mol. The van der Waals surface area contributed by atoms with Gasteiger partial charge in [0.2, 0.25) is 0 Å². The summed E-state index contributed by atoms with van der Waals surface area (Å²) < 4.78 is 41.7. The van der Waals surface area contributed by atoms with Crippen LogP contribution in [0, 0.1) is 0 Å². The third-order valence-corrected chi connectivity index (χ3v) is 3.67. The van der Waals surface area contributed by atoms with E-state index in [1.807, 2.05) is 0 Å². The summed E-state index contributed by atoms with van der Waals surface area (Å²) in [6, 6.07) is 1.72. The van der Waals surface area contributed by atoms with E-state index < -0.39 is 23.0 Å². The van der Waals surface area contributed by atoms with Crippen molar-refractivity contribution < 1.29 is 13.2 Å². The highest BCUT2D eigenvalue weighted by Crippen LogP contribution is 2.25. The molecular weight excluding hydrogens is 301 g/mol. The molecule has 0 amide bonds. The zero-order valence-electron chi connectivity index (χ0n) is 11.7. The van der Waals surface area contributed by atoms with Crippen LogP contribution in [0.3, 0.4) is 0 Å². The summed E-state index contributed by atoms with van der Waals surface area (Å²) >= 11 is 0. The van der Waals surface area contributed by atoms with Gasteiger partial charge >= 0.3 is 11.9 Å². The number of hydrogen-bond donors (Lipinski definition) is 0. The van der Waals surface area contributed by atoms with Gasteiger partial charge in [0.05, 0.1) is 12.2 Å². The predicted octanol–water partition coefficient (Wildman–Crippen LogP) is 0.757. The van der Waals surface area contributed by atoms with Crippen LogP contribution in [-0.2, 0) is 32.7 Å². The second kappa shape index (κ2) is 4.85. The summed E-state index contributed by atoms with van der Waals surface area (Å²) in [5, 5.41) is 4.22. The summed E-state index contributed by atoms with van der Waals surface area (Å²) in [6.45, 7) is 0.472. The fourth-order valence-corrected chi connectivity index (χ4v) is 2.62. The first-order valence-electron chi connectivity index (χ1n) is 6.70. The minimum atomic E-state index is -4.81. The van der Waals surface area contributed by atoms with E-state index in [-0.39, 0.29) is 6.54 Å². The van der Waals surface area contributed by atoms with E-state index in [1.54, 1.807) is 10.7 Å². The molecule has 3 heterocycles. The fraction of sp³-hybridized carbons (Fsp3) is 0.462. The molecule has 2 aromatic heterocycles. The first-order valence-corrected chi connectivity index (χ1v) is 6.70. The van der Waals surface area contributed by atoms with Crippen molar-refractivity contribution in [1.29, 1.82) is 0 Å². The Balaban J connectivity index is 2.08. The standard InChI is InChI=1S/C13H13F3N4O2/c1-18-7-10(13(14,15)16)11(21)19(12(18)22)6-8-5-9-3-2-4-20(9)17-8/h5,7H,2-4,6H2,1H3. The minimum Gasteiger partial charge on any atom is -0.303 e. The van der Waals surface area contributed by atoms with Crippen molar-refractivity contribution in [3.05, 3.63) is 50.1 Å². The van der Waals surface area contributed by atoms with Crippen molar-refractivity contribution in [2.75, 3.05) is 0 Å². The zero-order chi connectivity index (χ0) is 16.1. The molecule has 2 aromatic rings. The van der Waals surface area contributed by atoms with E-state index in [9.17, 15) is 22.8 Å². The number of fused-ring (bicyclic) bond motifs is 1. The molecule has 9 heteroatoms. The number of aromatic nitrogens is 4. The van der Waals surface area contributed by atoms with Gasteiger partial charge in [0.15, 0.2) is 0 Å². The van der Waals surface area contributed by atoms with Gasteiger partial charge in [0, 0.05) is 25.5 Å². The van der Waals surface area contributed by atoms with Crippen molar-refractivity contribution in [3.63, 3.8) is 0 Å². The number of alkyl halides is 3. The van der Waals surface area contributed by atoms with Crippen molar-refractivity contribution in [2.24, 2.45) is 7.05 Å². The highest BCUT2D eigenvalue weighted by Gasteiger charge is 2.36. The molecule has 1 aliphatic heterocycles. The molecule has 0 fully saturated rings. The number of hydrogen-bond acceptors (Lipinski definition) is 3. The first kappa shape index (κ1) is 14.6. The molecule has 0 aromatic carbocycles. The van der Waals surface area contributed by atoms with Crippen LogP contribution in [0.4, 0.5) is 13.2 Å². The Morgan fingerprint density at radius 1 is 1.32 bits per heavy atom. The fourth-order valence-electron chi connectivity index (χ4n) is 2.62. The Labute approximate surface area is 122 Å². The Morgan fingerprint density at radius 2 is 2.05 bits per heavy atom. The summed E-state index contributed by atoms with van der Waals surface area (Å²) in [4.78, 5) is 23.9. The molecular formula is C13H13F3N4O2. The SMILES string of the molecule is Cn1cc(C(F)(F)F)c(=O)n(Cc2cc3n(n2)CCC3)c1=O. The molecule has 0 bridgehead atoms. The Bertz CT molecular complexity index is 823. The molecule has 6 nitrogen and oxygen atoms in total. The highest BCUT2D eigenvalue weighted by molar-refractivity contribution is 5.15. The maximum Gasteiger partial charge on any atom is 0.423 e. The molecule has 0 N–H and O–H groups in total. The summed E-state index contributed by atoms with van der Waals surface area (Å²) in [5.41, 5.74) is -2.13. The van der Waals surface area contributed by atoms with Gasteiger partial charge in [-0.1, -0.05) is 0 Å². The number of halogens is 3. The van der Waals surface area contributed by atoms with Gasteiger partial charge in [0.25, 0.3) is 5.56 Å². The van der Waals surface area contributed by atoms with Gasteiger partial charge in [-0.25, -0.2) is 4.79 Å². The zero-order valence-corrected chi connectivity index (χ0v) is 11.7. The lowest BCUT2D eigenvalue weighted by Gasteiger charge is -2.11. The van der Waals surface area contributed by atoms with Crippen LogP contribution in [0.2, 0.25) is 0 Å². The lowest BCUT2D eigenvalue weighted by molar-refractivity contribution is -0.139. The normalized spacial score (nSPS) is 14.4. The molecule has 0 saturated carbocycles. The Morgan fingerprint density at radius 3 is 2.68 bits per heavy atom. The number of rotatable bonds is 2. The maximum atomic E-state index is 12.9. The van der Waals surface area contributed by atoms with Crippen LogP contribution in [0.25, 0.3) is 0 Å². The van der Waals surface area contributed by atoms with Crippen LogP contribution < -0.4 is 11.2 Å². The number of aryl methyl sites for hydroxylation is 3. The van der Waals surface area contributed by atoms with E-state index >= 15 is 0 Å². The van der Waals surface area contributed by atoms with Crippen LogP contribution in [0.1, 0.15) is 23.4 Å². The molecule has 118 valence electrons. The third-order valence-electron chi connectivity index (χ3n) is 3.67. The van der Waals surface area contributed by atoms with Crippen molar-refractivity contribution in [3.8, 4) is 0 Å². The lowest BCUT2D eigenvalue weighted by atomic mass is 10.2. The topological polar surface area (TPSA) is 61.8 Å². The van der Waals surface area contributed by atoms with Gasteiger partial charge in [-0.15, -0.1) is 0 Å². The quantitative estimate of drug-likeness (QED) is 0.822. The highest BCUT2D eigenvalue weighted by atomic mass is 19.4. The van der Waals surface area contributed by atoms with E-state index in [1.165, 1.54) is 7.05 Å². The summed E-state index contributed by atoms with van der Waals surface area (Å²) in [5.74, 6) is 0. The van der Waals surface area contributed by atoms with Gasteiger partial charge in [-0.05, 0) is 18.9 Å². The van der Waals surface area contributed by atoms with Crippen molar-refractivity contribution >= 4 is 0 Å². The molecule has 0 atom stereocenters. The molecule has 0 saturated heterocycles. The second-order valence-electron chi connectivity index (χ2n) is 5.28. The van der Waals surface area contributed by atoms with Crippen LogP contribution >= 0.6 is 0 Å². The van der Waals surface area contributed by atoms with E-state index in [2.05, 4.69) is 5.10 Å². The second-order valence-corrected chi connectivity index (χ2v) is 5.28. The molecule has 0 aliphatic carbocycles. The van der Waals surface area contributed by atoms with E-state index in [4.69, 9.17) is 0 Å². The van der Waals surface area contributed by atoms with Crippen molar-refractivity contribution in [2.45, 2.75) is 32.1 Å². The average molecular weight is 314 g/mol. The summed E-state index contributed by atoms with van der Waals surface area (Å²) in [7, 11) is 1.18. The minimum absolute atomic E-state index is 0.268. The monoisotopic (exact) mass is 314 g/mol. The Kier molecular flexibility index (Phi) is 3.22. The van der Waals surface area contributed by atoms with Crippen LogP contribution in [-0.4, -0.2) is 18.9 Å². The van der Waals surface area contributed by atoms with Crippen LogP contribution in [0.15, 0.2) is 21.9 Å². The third kappa shape index (κ3) is 2.36. The van der Waals surface area contributed by atoms with Gasteiger partial charge in [-0.3, -0.25) is 14.0 Å². The molecule has 0 unspecified atom stereocenters. The molecule has 0 spiro atoms. The van der Waals surface area contributed by atoms with Gasteiger partial charge < -0.3 is 4.57 Å². The summed E-state index contributed by atoms with van der Waals surface area (Å²) in [6.07, 6.45) is -2.48. The molecule has 0 radical (unpaired) electrons. The van der Waals surface area contributed by atoms with Gasteiger partial charge in [-0.2, -0.15) is 18.3 Å². The first-order chi connectivity index (χ1) is 10.3. The smallest absolute Gasteiger partial charge is 0.303 e. The molecule has 22 heavy (non-hydrogen) atoms. The maximum absolute atomic E-state index is 12.9. The number of nitrogens with zero attached hydrogens (tertiary/aromatic N) is 4. The van der Waals surface area contributed by atoms with Gasteiger partial charge in [0.1, 0.15) is 5.56 Å². The molecule has 3 rings (SSSR count). The van der Waals surface area contributed by atoms with E-state index in [0.717, 1.165) is 29.6 Å². The molecule has 1 aliphatic rings. The average Bonchev–Trinajstić information content (AvgIpc) is 2.98.